The van der Waals surface area contributed by atoms with Crippen LogP contribution in [0.1, 0.15) is 46.0 Å². The molecule has 0 saturated heterocycles. The van der Waals surface area contributed by atoms with E-state index in [0.717, 1.165) is 37.5 Å². The molecule has 3 nitrogen and oxygen atoms in total. The minimum atomic E-state index is -0.188. The standard InChI is InChI=1S/C13H24N2O/c1-9-3-4-11(7-10(9)2)15-12(16)13(8-14)5-6-13/h9-11H,3-8,14H2,1-2H3,(H,15,16). The van der Waals surface area contributed by atoms with Crippen LogP contribution in [0.2, 0.25) is 0 Å². The van der Waals surface area contributed by atoms with Crippen LogP contribution in [0.25, 0.3) is 0 Å². The van der Waals surface area contributed by atoms with Crippen molar-refractivity contribution in [2.45, 2.75) is 52.0 Å². The Morgan fingerprint density at radius 2 is 2.00 bits per heavy atom. The highest BCUT2D eigenvalue weighted by Crippen LogP contribution is 2.45. The Morgan fingerprint density at radius 1 is 1.31 bits per heavy atom. The smallest absolute Gasteiger partial charge is 0.227 e. The molecule has 0 aromatic carbocycles. The van der Waals surface area contributed by atoms with E-state index in [9.17, 15) is 4.79 Å². The van der Waals surface area contributed by atoms with Crippen molar-refractivity contribution >= 4 is 5.91 Å². The van der Waals surface area contributed by atoms with Crippen molar-refractivity contribution in [2.75, 3.05) is 6.54 Å². The first-order valence-electron chi connectivity index (χ1n) is 6.58. The number of rotatable bonds is 3. The number of nitrogens with one attached hydrogen (secondary N) is 1. The predicted octanol–water partition coefficient (Wildman–Crippen LogP) is 1.67. The molecule has 92 valence electrons. The van der Waals surface area contributed by atoms with E-state index in [4.69, 9.17) is 5.73 Å². The van der Waals surface area contributed by atoms with E-state index in [2.05, 4.69) is 19.2 Å². The van der Waals surface area contributed by atoms with Crippen molar-refractivity contribution in [3.05, 3.63) is 0 Å². The molecular weight excluding hydrogens is 200 g/mol. The van der Waals surface area contributed by atoms with Crippen LogP contribution in [0.3, 0.4) is 0 Å². The largest absolute Gasteiger partial charge is 0.353 e. The molecule has 1 amide bonds. The van der Waals surface area contributed by atoms with Crippen LogP contribution in [0, 0.1) is 17.3 Å². The van der Waals surface area contributed by atoms with Crippen LogP contribution in [-0.4, -0.2) is 18.5 Å². The third-order valence-electron chi connectivity index (χ3n) is 4.66. The summed E-state index contributed by atoms with van der Waals surface area (Å²) < 4.78 is 0. The second-order valence-corrected chi connectivity index (χ2v) is 5.92. The molecule has 3 N–H and O–H groups in total. The van der Waals surface area contributed by atoms with Gasteiger partial charge in [0.1, 0.15) is 0 Å². The Bertz CT molecular complexity index is 273. The van der Waals surface area contributed by atoms with Gasteiger partial charge in [-0.05, 0) is 43.9 Å². The number of nitrogens with two attached hydrogens (primary N) is 1. The summed E-state index contributed by atoms with van der Waals surface area (Å²) in [6, 6.07) is 0.391. The summed E-state index contributed by atoms with van der Waals surface area (Å²) >= 11 is 0. The fraction of sp³-hybridized carbons (Fsp3) is 0.923. The molecule has 3 unspecified atom stereocenters. The molecular formula is C13H24N2O. The number of carbonyl (C=O) groups excluding carboxylic acids is 1. The molecule has 2 saturated carbocycles. The van der Waals surface area contributed by atoms with Crippen LogP contribution in [0.15, 0.2) is 0 Å². The average Bonchev–Trinajstić information content (AvgIpc) is 3.04. The lowest BCUT2D eigenvalue weighted by Gasteiger charge is -2.33. The van der Waals surface area contributed by atoms with Gasteiger partial charge in [-0.2, -0.15) is 0 Å². The van der Waals surface area contributed by atoms with Gasteiger partial charge in [0.05, 0.1) is 5.41 Å². The summed E-state index contributed by atoms with van der Waals surface area (Å²) in [6.45, 7) is 5.11. The van der Waals surface area contributed by atoms with Gasteiger partial charge < -0.3 is 11.1 Å². The maximum Gasteiger partial charge on any atom is 0.227 e. The van der Waals surface area contributed by atoms with Crippen molar-refractivity contribution < 1.29 is 4.79 Å². The summed E-state index contributed by atoms with van der Waals surface area (Å²) in [4.78, 5) is 12.0. The van der Waals surface area contributed by atoms with Gasteiger partial charge in [-0.3, -0.25) is 4.79 Å². The van der Waals surface area contributed by atoms with Crippen molar-refractivity contribution in [3.8, 4) is 0 Å². The Balaban J connectivity index is 1.84. The molecule has 0 radical (unpaired) electrons. The highest BCUT2D eigenvalue weighted by Gasteiger charge is 2.49. The highest BCUT2D eigenvalue weighted by atomic mass is 16.2. The predicted molar refractivity (Wildman–Crippen MR) is 64.8 cm³/mol. The van der Waals surface area contributed by atoms with E-state index in [1.165, 1.54) is 6.42 Å². The van der Waals surface area contributed by atoms with Gasteiger partial charge in [-0.1, -0.05) is 13.8 Å². The third kappa shape index (κ3) is 2.24. The van der Waals surface area contributed by atoms with Gasteiger partial charge in [-0.25, -0.2) is 0 Å². The lowest BCUT2D eigenvalue weighted by atomic mass is 9.79. The first kappa shape index (κ1) is 11.9. The highest BCUT2D eigenvalue weighted by molar-refractivity contribution is 5.85. The van der Waals surface area contributed by atoms with Gasteiger partial charge in [-0.15, -0.1) is 0 Å². The molecule has 16 heavy (non-hydrogen) atoms. The van der Waals surface area contributed by atoms with Gasteiger partial charge in [0, 0.05) is 12.6 Å². The number of carbonyl (C=O) groups is 1. The van der Waals surface area contributed by atoms with Crippen LogP contribution >= 0.6 is 0 Å². The zero-order valence-electron chi connectivity index (χ0n) is 10.5. The number of amides is 1. The van der Waals surface area contributed by atoms with Crippen LogP contribution in [-0.2, 0) is 4.79 Å². The Hall–Kier alpha value is -0.570. The second-order valence-electron chi connectivity index (χ2n) is 5.92. The van der Waals surface area contributed by atoms with Crippen molar-refractivity contribution in [3.63, 3.8) is 0 Å². The molecule has 0 aromatic heterocycles. The molecule has 2 fully saturated rings. The van der Waals surface area contributed by atoms with Gasteiger partial charge in [0.15, 0.2) is 0 Å². The van der Waals surface area contributed by atoms with Crippen molar-refractivity contribution in [1.82, 2.24) is 5.32 Å². The molecule has 0 bridgehead atoms. The number of hydrogen-bond acceptors (Lipinski definition) is 2. The summed E-state index contributed by atoms with van der Waals surface area (Å²) in [5, 5.41) is 3.20. The number of hydrogen-bond donors (Lipinski definition) is 2. The maximum atomic E-state index is 12.0. The molecule has 0 aromatic rings. The van der Waals surface area contributed by atoms with Crippen molar-refractivity contribution in [1.29, 1.82) is 0 Å². The van der Waals surface area contributed by atoms with Gasteiger partial charge >= 0.3 is 0 Å². The fourth-order valence-corrected chi connectivity index (χ4v) is 2.69. The molecule has 0 aliphatic heterocycles. The summed E-state index contributed by atoms with van der Waals surface area (Å²) in [7, 11) is 0. The van der Waals surface area contributed by atoms with Gasteiger partial charge in [0.25, 0.3) is 0 Å². The minimum absolute atomic E-state index is 0.188. The first-order valence-corrected chi connectivity index (χ1v) is 6.58. The van der Waals surface area contributed by atoms with Crippen LogP contribution < -0.4 is 11.1 Å². The monoisotopic (exact) mass is 224 g/mol. The summed E-state index contributed by atoms with van der Waals surface area (Å²) in [5.41, 5.74) is 5.48. The maximum absolute atomic E-state index is 12.0. The quantitative estimate of drug-likeness (QED) is 0.766. The Labute approximate surface area is 98.2 Å². The van der Waals surface area contributed by atoms with E-state index < -0.39 is 0 Å². The zero-order chi connectivity index (χ0) is 11.8. The molecule has 0 heterocycles. The van der Waals surface area contributed by atoms with E-state index in [0.29, 0.717) is 12.6 Å². The summed E-state index contributed by atoms with van der Waals surface area (Å²) in [5.74, 6) is 1.74. The lowest BCUT2D eigenvalue weighted by Crippen LogP contribution is -2.45. The third-order valence-corrected chi connectivity index (χ3v) is 4.66. The van der Waals surface area contributed by atoms with E-state index in [1.54, 1.807) is 0 Å². The van der Waals surface area contributed by atoms with Gasteiger partial charge in [0.2, 0.25) is 5.91 Å². The Morgan fingerprint density at radius 3 is 2.50 bits per heavy atom. The topological polar surface area (TPSA) is 55.1 Å². The first-order chi connectivity index (χ1) is 7.57. The lowest BCUT2D eigenvalue weighted by molar-refractivity contribution is -0.127. The fourth-order valence-electron chi connectivity index (χ4n) is 2.69. The van der Waals surface area contributed by atoms with Crippen LogP contribution in [0.5, 0.6) is 0 Å². The Kier molecular flexibility index (Phi) is 3.24. The SMILES string of the molecule is CC1CCC(NC(=O)C2(CN)CC2)CC1C. The molecule has 0 spiro atoms. The van der Waals surface area contributed by atoms with E-state index in [-0.39, 0.29) is 11.3 Å². The average molecular weight is 224 g/mol. The molecule has 3 atom stereocenters. The second kappa shape index (κ2) is 4.36. The van der Waals surface area contributed by atoms with E-state index in [1.807, 2.05) is 0 Å². The molecule has 3 heteroatoms. The molecule has 2 rings (SSSR count). The van der Waals surface area contributed by atoms with Crippen LogP contribution in [0.4, 0.5) is 0 Å². The normalized spacial score (nSPS) is 36.8. The molecule has 2 aliphatic carbocycles. The van der Waals surface area contributed by atoms with E-state index >= 15 is 0 Å². The summed E-state index contributed by atoms with van der Waals surface area (Å²) in [6.07, 6.45) is 5.47. The zero-order valence-corrected chi connectivity index (χ0v) is 10.5. The molecule has 2 aliphatic rings. The minimum Gasteiger partial charge on any atom is -0.353 e. The van der Waals surface area contributed by atoms with Crippen molar-refractivity contribution in [2.24, 2.45) is 23.0 Å².